The lowest BCUT2D eigenvalue weighted by atomic mass is 10.3. The maximum Gasteiger partial charge on any atom is 0.254 e. The zero-order chi connectivity index (χ0) is 12.8. The maximum absolute atomic E-state index is 11.5. The number of nitrogens with one attached hydrogen (secondary N) is 3. The third-order valence-electron chi connectivity index (χ3n) is 2.09. The molecule has 0 aliphatic heterocycles. The summed E-state index contributed by atoms with van der Waals surface area (Å²) in [6.45, 7) is 0.226. The molecule has 2 aromatic rings. The second-order valence-electron chi connectivity index (χ2n) is 3.40. The molecule has 0 bridgehead atoms. The minimum atomic E-state index is -0.281. The van der Waals surface area contributed by atoms with Crippen molar-refractivity contribution in [3.8, 4) is 0 Å². The first kappa shape index (κ1) is 11.8. The molecule has 0 unspecified atom stereocenters. The van der Waals surface area contributed by atoms with Crippen LogP contribution in [0.25, 0.3) is 0 Å². The lowest BCUT2D eigenvalue weighted by molar-refractivity contribution is -0.116. The number of aromatic amines is 1. The monoisotopic (exact) mass is 249 g/mol. The summed E-state index contributed by atoms with van der Waals surface area (Å²) in [6, 6.07) is 1.55. The van der Waals surface area contributed by atoms with Gasteiger partial charge in [-0.05, 0) is 6.07 Å². The lowest BCUT2D eigenvalue weighted by Crippen LogP contribution is -2.27. The minimum absolute atomic E-state index is 0.143. The second kappa shape index (κ2) is 5.62. The molecule has 0 aromatic carbocycles. The Balaban J connectivity index is 1.69. The number of hydrogen-bond acceptors (Lipinski definition) is 5. The van der Waals surface area contributed by atoms with E-state index in [-0.39, 0.29) is 30.7 Å². The summed E-state index contributed by atoms with van der Waals surface area (Å²) in [6.07, 6.45) is 4.18. The van der Waals surface area contributed by atoms with Gasteiger partial charge in [0.1, 0.15) is 12.6 Å². The number of rotatable bonds is 5. The Labute approximate surface area is 102 Å². The Kier molecular flexibility index (Phi) is 3.69. The van der Waals surface area contributed by atoms with Crippen molar-refractivity contribution in [1.29, 1.82) is 0 Å². The highest BCUT2D eigenvalue weighted by Gasteiger charge is 2.08. The van der Waals surface area contributed by atoms with Crippen molar-refractivity contribution in [2.24, 2.45) is 0 Å². The number of furan rings is 1. The highest BCUT2D eigenvalue weighted by Crippen LogP contribution is 1.99. The van der Waals surface area contributed by atoms with Gasteiger partial charge in [-0.2, -0.15) is 10.1 Å². The molecule has 3 N–H and O–H groups in total. The third-order valence-corrected chi connectivity index (χ3v) is 2.09. The number of H-pyrrole nitrogens is 1. The molecule has 0 aliphatic rings. The summed E-state index contributed by atoms with van der Waals surface area (Å²) in [4.78, 5) is 26.6. The molecule has 0 saturated carbocycles. The Hall–Kier alpha value is -2.64. The van der Waals surface area contributed by atoms with E-state index in [0.717, 1.165) is 0 Å². The largest absolute Gasteiger partial charge is 0.472 e. The number of carbonyl (C=O) groups is 2. The van der Waals surface area contributed by atoms with E-state index in [1.165, 1.54) is 18.9 Å². The summed E-state index contributed by atoms with van der Waals surface area (Å²) in [5, 5.41) is 11.2. The number of anilines is 1. The normalized spacial score (nSPS) is 10.0. The molecule has 0 spiro atoms. The smallest absolute Gasteiger partial charge is 0.254 e. The average Bonchev–Trinajstić information content (AvgIpc) is 3.00. The highest BCUT2D eigenvalue weighted by atomic mass is 16.3. The van der Waals surface area contributed by atoms with Crippen LogP contribution in [0.15, 0.2) is 29.3 Å². The SMILES string of the molecule is O=C(CCNC(=O)c1ccoc1)Nc1ncn[nH]1. The van der Waals surface area contributed by atoms with Gasteiger partial charge >= 0.3 is 0 Å². The fourth-order valence-corrected chi connectivity index (χ4v) is 1.25. The molecule has 0 atom stereocenters. The van der Waals surface area contributed by atoms with Crippen LogP contribution in [0.4, 0.5) is 5.95 Å². The number of hydrogen-bond donors (Lipinski definition) is 3. The van der Waals surface area contributed by atoms with Gasteiger partial charge < -0.3 is 9.73 Å². The molecule has 2 aromatic heterocycles. The molecular weight excluding hydrogens is 238 g/mol. The van der Waals surface area contributed by atoms with E-state index in [0.29, 0.717) is 5.56 Å². The van der Waals surface area contributed by atoms with Crippen molar-refractivity contribution in [2.75, 3.05) is 11.9 Å². The standard InChI is InChI=1S/C10H11N5O3/c16-8(14-10-12-6-13-15-10)1-3-11-9(17)7-2-4-18-5-7/h2,4-6H,1,3H2,(H,11,17)(H2,12,13,14,15,16). The van der Waals surface area contributed by atoms with Crippen LogP contribution in [0.2, 0.25) is 0 Å². The van der Waals surface area contributed by atoms with E-state index in [9.17, 15) is 9.59 Å². The predicted octanol–water partition coefficient (Wildman–Crippen LogP) is 0.156. The molecule has 8 nitrogen and oxygen atoms in total. The molecule has 8 heteroatoms. The van der Waals surface area contributed by atoms with Gasteiger partial charge in [-0.3, -0.25) is 14.9 Å². The fourth-order valence-electron chi connectivity index (χ4n) is 1.25. The van der Waals surface area contributed by atoms with Crippen molar-refractivity contribution in [3.63, 3.8) is 0 Å². The second-order valence-corrected chi connectivity index (χ2v) is 3.40. The molecular formula is C10H11N5O3. The molecule has 2 heterocycles. The molecule has 0 saturated heterocycles. The van der Waals surface area contributed by atoms with Gasteiger partial charge in [0, 0.05) is 13.0 Å². The van der Waals surface area contributed by atoms with E-state index in [1.807, 2.05) is 0 Å². The molecule has 2 rings (SSSR count). The summed E-state index contributed by atoms with van der Waals surface area (Å²) in [5.41, 5.74) is 0.422. The topological polar surface area (TPSA) is 113 Å². The molecule has 2 amide bonds. The molecule has 0 fully saturated rings. The third kappa shape index (κ3) is 3.17. The van der Waals surface area contributed by atoms with Crippen LogP contribution in [0.3, 0.4) is 0 Å². The molecule has 94 valence electrons. The van der Waals surface area contributed by atoms with E-state index in [2.05, 4.69) is 25.8 Å². The quantitative estimate of drug-likeness (QED) is 0.698. The van der Waals surface area contributed by atoms with Crippen molar-refractivity contribution in [2.45, 2.75) is 6.42 Å². The number of carbonyl (C=O) groups excluding carboxylic acids is 2. The van der Waals surface area contributed by atoms with Gasteiger partial charge in [0.05, 0.1) is 11.8 Å². The van der Waals surface area contributed by atoms with Gasteiger partial charge in [0.25, 0.3) is 5.91 Å². The van der Waals surface area contributed by atoms with Gasteiger partial charge in [-0.1, -0.05) is 0 Å². The predicted molar refractivity (Wildman–Crippen MR) is 60.7 cm³/mol. The first-order chi connectivity index (χ1) is 8.75. The summed E-state index contributed by atoms with van der Waals surface area (Å²) >= 11 is 0. The van der Waals surface area contributed by atoms with Crippen LogP contribution < -0.4 is 10.6 Å². The van der Waals surface area contributed by atoms with E-state index in [4.69, 9.17) is 4.42 Å². The van der Waals surface area contributed by atoms with Crippen molar-refractivity contribution < 1.29 is 14.0 Å². The Bertz CT molecular complexity index is 506. The van der Waals surface area contributed by atoms with Crippen LogP contribution in [0.1, 0.15) is 16.8 Å². The Morgan fingerprint density at radius 1 is 1.44 bits per heavy atom. The number of nitrogens with zero attached hydrogens (tertiary/aromatic N) is 2. The summed E-state index contributed by atoms with van der Waals surface area (Å²) in [5.74, 6) is -0.267. The highest BCUT2D eigenvalue weighted by molar-refractivity contribution is 5.94. The minimum Gasteiger partial charge on any atom is -0.472 e. The van der Waals surface area contributed by atoms with Crippen LogP contribution in [0, 0.1) is 0 Å². The van der Waals surface area contributed by atoms with Crippen molar-refractivity contribution >= 4 is 17.8 Å². The number of aromatic nitrogens is 3. The Morgan fingerprint density at radius 2 is 2.33 bits per heavy atom. The average molecular weight is 249 g/mol. The zero-order valence-electron chi connectivity index (χ0n) is 9.34. The number of amides is 2. The van der Waals surface area contributed by atoms with Crippen LogP contribution >= 0.6 is 0 Å². The lowest BCUT2D eigenvalue weighted by Gasteiger charge is -2.03. The Morgan fingerprint density at radius 3 is 3.00 bits per heavy atom. The maximum atomic E-state index is 11.5. The van der Waals surface area contributed by atoms with Crippen LogP contribution in [-0.4, -0.2) is 33.5 Å². The van der Waals surface area contributed by atoms with Crippen LogP contribution in [-0.2, 0) is 4.79 Å². The van der Waals surface area contributed by atoms with Crippen LogP contribution in [0.5, 0.6) is 0 Å². The van der Waals surface area contributed by atoms with Gasteiger partial charge in [-0.15, -0.1) is 0 Å². The van der Waals surface area contributed by atoms with E-state index in [1.54, 1.807) is 6.07 Å². The molecule has 0 aliphatic carbocycles. The first-order valence-corrected chi connectivity index (χ1v) is 5.21. The summed E-state index contributed by atoms with van der Waals surface area (Å²) < 4.78 is 4.77. The van der Waals surface area contributed by atoms with E-state index < -0.39 is 0 Å². The van der Waals surface area contributed by atoms with Gasteiger partial charge in [0.15, 0.2) is 0 Å². The van der Waals surface area contributed by atoms with E-state index >= 15 is 0 Å². The van der Waals surface area contributed by atoms with Crippen molar-refractivity contribution in [1.82, 2.24) is 20.5 Å². The van der Waals surface area contributed by atoms with Crippen molar-refractivity contribution in [3.05, 3.63) is 30.5 Å². The summed E-state index contributed by atoms with van der Waals surface area (Å²) in [7, 11) is 0. The fraction of sp³-hybridized carbons (Fsp3) is 0.200. The van der Waals surface area contributed by atoms with Gasteiger partial charge in [-0.25, -0.2) is 5.10 Å². The zero-order valence-corrected chi connectivity index (χ0v) is 9.34. The van der Waals surface area contributed by atoms with Gasteiger partial charge in [0.2, 0.25) is 11.9 Å². The molecule has 0 radical (unpaired) electrons. The molecule has 18 heavy (non-hydrogen) atoms. The first-order valence-electron chi connectivity index (χ1n) is 5.21.